The van der Waals surface area contributed by atoms with Crippen molar-refractivity contribution in [3.05, 3.63) is 24.3 Å². The van der Waals surface area contributed by atoms with Crippen molar-refractivity contribution in [2.45, 2.75) is 6.42 Å². The van der Waals surface area contributed by atoms with Crippen molar-refractivity contribution in [2.24, 2.45) is 17.8 Å². The number of carbonyl (C=O) groups excluding carboxylic acids is 1. The van der Waals surface area contributed by atoms with Crippen molar-refractivity contribution in [2.75, 3.05) is 0 Å². The van der Waals surface area contributed by atoms with E-state index in [1.54, 1.807) is 6.08 Å². The molecule has 3 rings (SSSR count). The minimum Gasteiger partial charge on any atom is -0.294 e. The van der Waals surface area contributed by atoms with Crippen LogP contribution in [0.25, 0.3) is 0 Å². The number of ketones is 1. The van der Waals surface area contributed by atoms with Gasteiger partial charge >= 0.3 is 0 Å². The van der Waals surface area contributed by atoms with Crippen LogP contribution in [-0.2, 0) is 4.79 Å². The van der Waals surface area contributed by atoms with Gasteiger partial charge in [0.1, 0.15) is 0 Å². The smallest absolute Gasteiger partial charge is 0.163 e. The van der Waals surface area contributed by atoms with Crippen LogP contribution in [0.15, 0.2) is 24.3 Å². The molecule has 2 heteroatoms. The van der Waals surface area contributed by atoms with E-state index in [0.717, 1.165) is 6.42 Å². The van der Waals surface area contributed by atoms with Crippen molar-refractivity contribution in [1.82, 2.24) is 0 Å². The highest BCUT2D eigenvalue weighted by molar-refractivity contribution is 5.94. The van der Waals surface area contributed by atoms with Crippen LogP contribution >= 0.6 is 0 Å². The topological polar surface area (TPSA) is 40.9 Å². The first-order chi connectivity index (χ1) is 5.81. The molecule has 0 amide bonds. The highest BCUT2D eigenvalue weighted by atomic mass is 16.1. The van der Waals surface area contributed by atoms with Crippen LogP contribution in [0.3, 0.4) is 0 Å². The van der Waals surface area contributed by atoms with Crippen LogP contribution < -0.4 is 0 Å². The minimum absolute atomic E-state index is 0.0813. The molecule has 2 nitrogen and oxygen atoms in total. The summed E-state index contributed by atoms with van der Waals surface area (Å²) in [5.41, 5.74) is 0. The fourth-order valence-corrected chi connectivity index (χ4v) is 1.81. The number of allylic oxidation sites excluding steroid dienone is 4. The first kappa shape index (κ1) is 7.30. The van der Waals surface area contributed by atoms with Gasteiger partial charge in [0.15, 0.2) is 5.78 Å². The lowest BCUT2D eigenvalue weighted by atomic mass is 9.81. The zero-order valence-electron chi connectivity index (χ0n) is 6.60. The molecule has 3 atom stereocenters. The molecule has 0 fully saturated rings. The Morgan fingerprint density at radius 1 is 1.42 bits per heavy atom. The SMILES string of the molecule is N#C[C@H]1C[C@H]2C=CC(=O)[C@@H]1C=C2. The molecule has 0 aromatic rings. The van der Waals surface area contributed by atoms with Crippen molar-refractivity contribution < 1.29 is 4.79 Å². The Labute approximate surface area is 71.2 Å². The number of hydrogen-bond donors (Lipinski definition) is 0. The molecule has 0 aliphatic heterocycles. The fraction of sp³-hybridized carbons (Fsp3) is 0.400. The van der Waals surface area contributed by atoms with Gasteiger partial charge in [0.2, 0.25) is 0 Å². The maximum Gasteiger partial charge on any atom is 0.163 e. The molecule has 0 aromatic heterocycles. The molecule has 0 spiro atoms. The van der Waals surface area contributed by atoms with E-state index in [0.29, 0.717) is 5.92 Å². The predicted molar refractivity (Wildman–Crippen MR) is 44.0 cm³/mol. The molecule has 0 N–H and O–H groups in total. The van der Waals surface area contributed by atoms with Gasteiger partial charge in [-0.15, -0.1) is 0 Å². The van der Waals surface area contributed by atoms with Gasteiger partial charge < -0.3 is 0 Å². The summed E-state index contributed by atoms with van der Waals surface area (Å²) in [7, 11) is 0. The van der Waals surface area contributed by atoms with Crippen LogP contribution in [0.4, 0.5) is 0 Å². The predicted octanol–water partition coefficient (Wildman–Crippen LogP) is 1.46. The molecule has 2 bridgehead atoms. The normalized spacial score (nSPS) is 37.9. The van der Waals surface area contributed by atoms with E-state index < -0.39 is 0 Å². The molecule has 12 heavy (non-hydrogen) atoms. The second-order valence-corrected chi connectivity index (χ2v) is 3.31. The quantitative estimate of drug-likeness (QED) is 0.502. The molecule has 0 radical (unpaired) electrons. The summed E-state index contributed by atoms with van der Waals surface area (Å²) < 4.78 is 0. The number of rotatable bonds is 0. The van der Waals surface area contributed by atoms with Crippen molar-refractivity contribution in [3.8, 4) is 6.07 Å². The maximum atomic E-state index is 11.4. The Morgan fingerprint density at radius 3 is 3.00 bits per heavy atom. The van der Waals surface area contributed by atoms with Gasteiger partial charge in [0.05, 0.1) is 17.9 Å². The number of carbonyl (C=O) groups is 1. The first-order valence-electron chi connectivity index (χ1n) is 4.11. The molecule has 0 unspecified atom stereocenters. The molecular formula is C10H9NO. The minimum atomic E-state index is -0.176. The van der Waals surface area contributed by atoms with E-state index in [9.17, 15) is 4.79 Å². The molecule has 0 saturated carbocycles. The maximum absolute atomic E-state index is 11.4. The number of hydrogen-bond acceptors (Lipinski definition) is 2. The van der Waals surface area contributed by atoms with Gasteiger partial charge in [-0.25, -0.2) is 0 Å². The van der Waals surface area contributed by atoms with E-state index >= 15 is 0 Å². The van der Waals surface area contributed by atoms with Crippen molar-refractivity contribution in [3.63, 3.8) is 0 Å². The van der Waals surface area contributed by atoms with Gasteiger partial charge in [-0.3, -0.25) is 4.79 Å². The van der Waals surface area contributed by atoms with Crippen LogP contribution in [0.5, 0.6) is 0 Å². The van der Waals surface area contributed by atoms with E-state index in [4.69, 9.17) is 5.26 Å². The number of nitrogens with zero attached hydrogens (tertiary/aromatic N) is 1. The van der Waals surface area contributed by atoms with Crippen LogP contribution in [0, 0.1) is 29.1 Å². The summed E-state index contributed by atoms with van der Waals surface area (Å²) in [6.07, 6.45) is 8.23. The molecule has 0 saturated heterocycles. The third-order valence-corrected chi connectivity index (χ3v) is 2.53. The molecule has 60 valence electrons. The summed E-state index contributed by atoms with van der Waals surface area (Å²) in [4.78, 5) is 11.4. The average Bonchev–Trinajstić information content (AvgIpc) is 2.37. The monoisotopic (exact) mass is 159 g/mol. The van der Waals surface area contributed by atoms with Crippen molar-refractivity contribution in [1.29, 1.82) is 5.26 Å². The van der Waals surface area contributed by atoms with Gasteiger partial charge in [-0.1, -0.05) is 18.2 Å². The zero-order chi connectivity index (χ0) is 8.55. The standard InChI is InChI=1S/C10H9NO/c11-6-8-5-7-1-3-9(8)10(12)4-2-7/h1-4,7-9H,5H2/t7-,8-,9-/m1/s1. The largest absolute Gasteiger partial charge is 0.294 e. The highest BCUT2D eigenvalue weighted by Gasteiger charge is 2.31. The van der Waals surface area contributed by atoms with Crippen molar-refractivity contribution >= 4 is 5.78 Å². The number of fused-ring (bicyclic) bond motifs is 2. The third kappa shape index (κ3) is 0.984. The summed E-state index contributed by atoms with van der Waals surface area (Å²) >= 11 is 0. The Kier molecular flexibility index (Phi) is 1.58. The Hall–Kier alpha value is -1.36. The van der Waals surface area contributed by atoms with Gasteiger partial charge in [-0.2, -0.15) is 5.26 Å². The van der Waals surface area contributed by atoms with Gasteiger partial charge in [0, 0.05) is 0 Å². The summed E-state index contributed by atoms with van der Waals surface area (Å²) in [6, 6.07) is 2.19. The van der Waals surface area contributed by atoms with Crippen LogP contribution in [-0.4, -0.2) is 5.78 Å². The van der Waals surface area contributed by atoms with E-state index in [2.05, 4.69) is 6.07 Å². The summed E-state index contributed by atoms with van der Waals surface area (Å²) in [6.45, 7) is 0. The fourth-order valence-electron chi connectivity index (χ4n) is 1.81. The average molecular weight is 159 g/mol. The lowest BCUT2D eigenvalue weighted by Gasteiger charge is -2.20. The number of nitriles is 1. The lowest BCUT2D eigenvalue weighted by Crippen LogP contribution is -2.21. The Bertz CT molecular complexity index is 308. The van der Waals surface area contributed by atoms with E-state index in [-0.39, 0.29) is 17.6 Å². The van der Waals surface area contributed by atoms with E-state index in [1.165, 1.54) is 0 Å². The lowest BCUT2D eigenvalue weighted by molar-refractivity contribution is -0.117. The van der Waals surface area contributed by atoms with Gasteiger partial charge in [-0.05, 0) is 18.4 Å². The zero-order valence-corrected chi connectivity index (χ0v) is 6.60. The second kappa shape index (κ2) is 2.60. The Morgan fingerprint density at radius 2 is 2.25 bits per heavy atom. The van der Waals surface area contributed by atoms with Crippen LogP contribution in [0.2, 0.25) is 0 Å². The van der Waals surface area contributed by atoms with Gasteiger partial charge in [0.25, 0.3) is 0 Å². The second-order valence-electron chi connectivity index (χ2n) is 3.31. The molecule has 0 heterocycles. The highest BCUT2D eigenvalue weighted by Crippen LogP contribution is 2.32. The Balaban J connectivity index is 2.39. The molecule has 3 aliphatic rings. The van der Waals surface area contributed by atoms with Crippen LogP contribution in [0.1, 0.15) is 6.42 Å². The molecular weight excluding hydrogens is 150 g/mol. The molecule has 0 aromatic carbocycles. The molecule has 3 aliphatic carbocycles. The third-order valence-electron chi connectivity index (χ3n) is 2.53. The first-order valence-corrected chi connectivity index (χ1v) is 4.11. The summed E-state index contributed by atoms with van der Waals surface area (Å²) in [5, 5.41) is 8.79. The summed E-state index contributed by atoms with van der Waals surface area (Å²) in [5.74, 6) is 0.0997. The van der Waals surface area contributed by atoms with E-state index in [1.807, 2.05) is 18.2 Å².